The van der Waals surface area contributed by atoms with Crippen molar-refractivity contribution in [1.82, 2.24) is 0 Å². The summed E-state index contributed by atoms with van der Waals surface area (Å²) in [5.74, 6) is 0. The van der Waals surface area contributed by atoms with E-state index in [4.69, 9.17) is 11.5 Å². The molecule has 0 aliphatic carbocycles. The van der Waals surface area contributed by atoms with Crippen LogP contribution in [0, 0.1) is 0 Å². The first-order valence-electron chi connectivity index (χ1n) is 2.68. The maximum atomic E-state index is 5.51. The smallest absolute Gasteiger partial charge is 0.0462 e. The Morgan fingerprint density at radius 3 is 1.45 bits per heavy atom. The van der Waals surface area contributed by atoms with E-state index in [9.17, 15) is 0 Å². The topological polar surface area (TPSA) is 52.0 Å². The number of nitrogen functional groups attached to an aromatic ring is 2. The van der Waals surface area contributed by atoms with Crippen molar-refractivity contribution in [3.8, 4) is 0 Å². The Bertz CT molecular complexity index is 211. The van der Waals surface area contributed by atoms with Gasteiger partial charge in [0.15, 0.2) is 0 Å². The Kier molecular flexibility index (Phi) is 3.62. The minimum absolute atomic E-state index is 0. The highest BCUT2D eigenvalue weighted by molar-refractivity contribution is 7.81. The molecule has 0 saturated heterocycles. The van der Waals surface area contributed by atoms with E-state index >= 15 is 0 Å². The molecule has 0 aliphatic heterocycles. The van der Waals surface area contributed by atoms with Gasteiger partial charge in [-0.15, -0.1) is 25.3 Å². The molecule has 1 rings (SSSR count). The van der Waals surface area contributed by atoms with Crippen molar-refractivity contribution in [3.63, 3.8) is 0 Å². The van der Waals surface area contributed by atoms with Gasteiger partial charge in [0.1, 0.15) is 0 Å². The molecule has 4 heteroatoms. The lowest BCUT2D eigenvalue weighted by molar-refractivity contribution is 1.38. The van der Waals surface area contributed by atoms with E-state index in [2.05, 4.69) is 25.3 Å². The van der Waals surface area contributed by atoms with Gasteiger partial charge in [0.05, 0.1) is 0 Å². The minimum atomic E-state index is 0. The molecule has 0 saturated carbocycles. The van der Waals surface area contributed by atoms with Crippen molar-refractivity contribution >= 4 is 36.6 Å². The van der Waals surface area contributed by atoms with Gasteiger partial charge in [-0.3, -0.25) is 0 Å². The Balaban J connectivity index is 0.000001000. The lowest BCUT2D eigenvalue weighted by Gasteiger charge is -2.02. The fraction of sp³-hybridized carbons (Fsp3) is 0.143. The first-order chi connectivity index (χ1) is 4.61. The SMILES string of the molecule is C.Nc1cc(S)c(N)cc1S. The molecule has 0 spiro atoms. The van der Waals surface area contributed by atoms with Crippen molar-refractivity contribution in [2.24, 2.45) is 0 Å². The van der Waals surface area contributed by atoms with Crippen molar-refractivity contribution in [2.45, 2.75) is 17.2 Å². The van der Waals surface area contributed by atoms with Gasteiger partial charge in [0.25, 0.3) is 0 Å². The number of thiol groups is 2. The van der Waals surface area contributed by atoms with Crippen LogP contribution in [-0.2, 0) is 0 Å². The van der Waals surface area contributed by atoms with Gasteiger partial charge in [-0.25, -0.2) is 0 Å². The number of benzene rings is 1. The summed E-state index contributed by atoms with van der Waals surface area (Å²) in [6.07, 6.45) is 0. The predicted octanol–water partition coefficient (Wildman–Crippen LogP) is 2.06. The zero-order valence-corrected chi connectivity index (χ0v) is 6.99. The van der Waals surface area contributed by atoms with E-state index in [-0.39, 0.29) is 7.43 Å². The van der Waals surface area contributed by atoms with Gasteiger partial charge in [0.2, 0.25) is 0 Å². The maximum absolute atomic E-state index is 5.51. The zero-order chi connectivity index (χ0) is 7.72. The van der Waals surface area contributed by atoms with Crippen LogP contribution in [-0.4, -0.2) is 0 Å². The minimum Gasteiger partial charge on any atom is -0.398 e. The highest BCUT2D eigenvalue weighted by Gasteiger charge is 1.98. The fourth-order valence-corrected chi connectivity index (χ4v) is 1.02. The van der Waals surface area contributed by atoms with Gasteiger partial charge in [-0.1, -0.05) is 7.43 Å². The van der Waals surface area contributed by atoms with Gasteiger partial charge >= 0.3 is 0 Å². The summed E-state index contributed by atoms with van der Waals surface area (Å²) in [5, 5.41) is 0. The van der Waals surface area contributed by atoms with Gasteiger partial charge in [-0.05, 0) is 12.1 Å². The second-order valence-electron chi connectivity index (χ2n) is 1.97. The average Bonchev–Trinajstić information content (AvgIpc) is 1.84. The molecule has 0 fully saturated rings. The number of rotatable bonds is 0. The van der Waals surface area contributed by atoms with Crippen molar-refractivity contribution in [3.05, 3.63) is 12.1 Å². The molecule has 0 aromatic heterocycles. The first kappa shape index (κ1) is 10.5. The molecule has 1 aromatic carbocycles. The number of hydrogen-bond acceptors (Lipinski definition) is 4. The molecule has 0 bridgehead atoms. The fourth-order valence-electron chi connectivity index (χ4n) is 0.609. The van der Waals surface area contributed by atoms with Gasteiger partial charge in [-0.2, -0.15) is 0 Å². The monoisotopic (exact) mass is 188 g/mol. The molecule has 62 valence electrons. The van der Waals surface area contributed by atoms with Gasteiger partial charge in [0, 0.05) is 21.2 Å². The van der Waals surface area contributed by atoms with Crippen LogP contribution >= 0.6 is 25.3 Å². The Labute approximate surface area is 77.8 Å². The Hall–Kier alpha value is -0.480. The van der Waals surface area contributed by atoms with Crippen LogP contribution in [0.1, 0.15) is 7.43 Å². The van der Waals surface area contributed by atoms with Crippen LogP contribution in [0.25, 0.3) is 0 Å². The molecule has 11 heavy (non-hydrogen) atoms. The van der Waals surface area contributed by atoms with E-state index in [0.29, 0.717) is 21.2 Å². The molecule has 4 N–H and O–H groups in total. The molecule has 0 atom stereocenters. The van der Waals surface area contributed by atoms with Gasteiger partial charge < -0.3 is 11.5 Å². The summed E-state index contributed by atoms with van der Waals surface area (Å²) >= 11 is 8.15. The third-order valence-electron chi connectivity index (χ3n) is 1.18. The van der Waals surface area contributed by atoms with Crippen LogP contribution in [0.2, 0.25) is 0 Å². The van der Waals surface area contributed by atoms with E-state index in [0.717, 1.165) is 0 Å². The third kappa shape index (κ3) is 2.24. The second kappa shape index (κ2) is 3.78. The number of hydrogen-bond donors (Lipinski definition) is 4. The summed E-state index contributed by atoms with van der Waals surface area (Å²) in [5.41, 5.74) is 12.2. The highest BCUT2D eigenvalue weighted by atomic mass is 32.1. The maximum Gasteiger partial charge on any atom is 0.0462 e. The van der Waals surface area contributed by atoms with Crippen LogP contribution in [0.4, 0.5) is 11.4 Å². The standard InChI is InChI=1S/C6H8N2S2.CH4/c7-3-1-5(9)4(8)2-6(3)10;/h1-2,9-10H,7-8H2;1H4. The van der Waals surface area contributed by atoms with Crippen LogP contribution in [0.5, 0.6) is 0 Å². The second-order valence-corrected chi connectivity index (χ2v) is 2.93. The molecule has 0 amide bonds. The molecule has 0 aliphatic rings. The van der Waals surface area contributed by atoms with E-state index in [1.165, 1.54) is 0 Å². The van der Waals surface area contributed by atoms with E-state index < -0.39 is 0 Å². The predicted molar refractivity (Wildman–Crippen MR) is 56.5 cm³/mol. The highest BCUT2D eigenvalue weighted by Crippen LogP contribution is 2.25. The van der Waals surface area contributed by atoms with E-state index in [1.807, 2.05) is 0 Å². The zero-order valence-electron chi connectivity index (χ0n) is 5.20. The summed E-state index contributed by atoms with van der Waals surface area (Å²) in [4.78, 5) is 1.38. The van der Waals surface area contributed by atoms with Crippen molar-refractivity contribution in [2.75, 3.05) is 11.5 Å². The number of anilines is 2. The third-order valence-corrected chi connectivity index (χ3v) is 1.95. The molecule has 2 nitrogen and oxygen atoms in total. The summed E-state index contributed by atoms with van der Waals surface area (Å²) in [6.45, 7) is 0. The summed E-state index contributed by atoms with van der Waals surface area (Å²) < 4.78 is 0. The van der Waals surface area contributed by atoms with E-state index in [1.54, 1.807) is 12.1 Å². The molecule has 1 aromatic rings. The average molecular weight is 188 g/mol. The lowest BCUT2D eigenvalue weighted by Crippen LogP contribution is -1.91. The largest absolute Gasteiger partial charge is 0.398 e. The molecular formula is C7H12N2S2. The van der Waals surface area contributed by atoms with Crippen LogP contribution in [0.15, 0.2) is 21.9 Å². The summed E-state index contributed by atoms with van der Waals surface area (Å²) in [6, 6.07) is 3.36. The quantitative estimate of drug-likeness (QED) is 0.372. The molecule has 0 radical (unpaired) electrons. The lowest BCUT2D eigenvalue weighted by atomic mass is 10.3. The Morgan fingerprint density at radius 2 is 1.18 bits per heavy atom. The Morgan fingerprint density at radius 1 is 0.909 bits per heavy atom. The van der Waals surface area contributed by atoms with Crippen LogP contribution < -0.4 is 11.5 Å². The van der Waals surface area contributed by atoms with Crippen molar-refractivity contribution in [1.29, 1.82) is 0 Å². The molecule has 0 unspecified atom stereocenters. The normalized spacial score (nSPS) is 8.91. The van der Waals surface area contributed by atoms with Crippen LogP contribution in [0.3, 0.4) is 0 Å². The molecule has 0 heterocycles. The summed E-state index contributed by atoms with van der Waals surface area (Å²) in [7, 11) is 0. The molecular weight excluding hydrogens is 176 g/mol. The first-order valence-corrected chi connectivity index (χ1v) is 3.57. The van der Waals surface area contributed by atoms with Crippen molar-refractivity contribution < 1.29 is 0 Å². The number of nitrogens with two attached hydrogens (primary N) is 2.